The van der Waals surface area contributed by atoms with Gasteiger partial charge in [0.05, 0.1) is 42.5 Å². The van der Waals surface area contributed by atoms with Crippen molar-refractivity contribution >= 4 is 64.0 Å². The molecule has 0 aliphatic heterocycles. The Balaban J connectivity index is 1.51. The van der Waals surface area contributed by atoms with Gasteiger partial charge in [0.1, 0.15) is 0 Å². The molecule has 0 saturated heterocycles. The number of hydrogen-bond donors (Lipinski definition) is 1. The Hall–Kier alpha value is -2.36. The van der Waals surface area contributed by atoms with Gasteiger partial charge in [-0.05, 0) is 36.8 Å². The molecule has 0 radical (unpaired) electrons. The van der Waals surface area contributed by atoms with Crippen molar-refractivity contribution in [1.82, 2.24) is 9.97 Å². The van der Waals surface area contributed by atoms with Gasteiger partial charge in [0.2, 0.25) is 5.91 Å². The van der Waals surface area contributed by atoms with E-state index in [1.54, 1.807) is 42.5 Å². The molecule has 9 heteroatoms. The number of benzene rings is 2. The highest BCUT2D eigenvalue weighted by atomic mass is 32.2. The fraction of sp³-hybridized carbons (Fsp3) is 0.211. The first-order valence-corrected chi connectivity index (χ1v) is 11.9. The van der Waals surface area contributed by atoms with E-state index in [4.69, 9.17) is 0 Å². The molecule has 144 valence electrons. The highest BCUT2D eigenvalue weighted by Crippen LogP contribution is 2.35. The van der Waals surface area contributed by atoms with Crippen molar-refractivity contribution in [3.63, 3.8) is 0 Å². The average molecular weight is 432 g/mol. The van der Waals surface area contributed by atoms with Crippen LogP contribution in [0, 0.1) is 6.92 Å². The van der Waals surface area contributed by atoms with Gasteiger partial charge in [0.25, 0.3) is 0 Å². The molecule has 28 heavy (non-hydrogen) atoms. The van der Waals surface area contributed by atoms with Crippen molar-refractivity contribution in [2.75, 3.05) is 11.1 Å². The first-order chi connectivity index (χ1) is 13.4. The number of carbonyl (C=O) groups is 1. The Bertz CT molecular complexity index is 1290. The zero-order valence-electron chi connectivity index (χ0n) is 15.2. The molecule has 4 aromatic rings. The first kappa shape index (κ1) is 19.0. The fourth-order valence-corrected chi connectivity index (χ4v) is 5.77. The van der Waals surface area contributed by atoms with Gasteiger partial charge in [-0.3, -0.25) is 4.79 Å². The Kier molecular flexibility index (Phi) is 4.90. The van der Waals surface area contributed by atoms with Crippen LogP contribution in [0.3, 0.4) is 0 Å². The summed E-state index contributed by atoms with van der Waals surface area (Å²) in [4.78, 5) is 21.6. The number of rotatable bonds is 5. The Morgan fingerprint density at radius 3 is 2.32 bits per heavy atom. The van der Waals surface area contributed by atoms with Gasteiger partial charge in [-0.15, -0.1) is 11.3 Å². The van der Waals surface area contributed by atoms with Crippen molar-refractivity contribution in [3.8, 4) is 0 Å². The van der Waals surface area contributed by atoms with Crippen molar-refractivity contribution in [2.24, 2.45) is 0 Å². The quantitative estimate of drug-likeness (QED) is 0.512. The van der Waals surface area contributed by atoms with Crippen LogP contribution in [-0.2, 0) is 21.1 Å². The molecule has 0 aliphatic rings. The van der Waals surface area contributed by atoms with Crippen LogP contribution in [0.15, 0.2) is 41.3 Å². The summed E-state index contributed by atoms with van der Waals surface area (Å²) in [6.07, 6.45) is 0.150. The van der Waals surface area contributed by atoms with Crippen molar-refractivity contribution in [3.05, 3.63) is 47.0 Å². The average Bonchev–Trinajstić information content (AvgIpc) is 3.23. The summed E-state index contributed by atoms with van der Waals surface area (Å²) in [5.41, 5.74) is 2.53. The molecular weight excluding hydrogens is 414 g/mol. The second kappa shape index (κ2) is 7.23. The minimum Gasteiger partial charge on any atom is -0.302 e. The molecule has 2 heterocycles. The van der Waals surface area contributed by atoms with Crippen LogP contribution in [-0.4, -0.2) is 30.0 Å². The second-order valence-electron chi connectivity index (χ2n) is 6.29. The summed E-state index contributed by atoms with van der Waals surface area (Å²) in [5.74, 6) is -0.140. The van der Waals surface area contributed by atoms with Crippen LogP contribution in [0.25, 0.3) is 20.4 Å². The molecule has 0 atom stereocenters. The molecule has 0 saturated carbocycles. The maximum atomic E-state index is 12.4. The van der Waals surface area contributed by atoms with Gasteiger partial charge >= 0.3 is 0 Å². The number of amides is 1. The number of aromatic nitrogens is 2. The van der Waals surface area contributed by atoms with Gasteiger partial charge in [-0.1, -0.05) is 30.4 Å². The summed E-state index contributed by atoms with van der Waals surface area (Å²) < 4.78 is 25.8. The summed E-state index contributed by atoms with van der Waals surface area (Å²) in [5, 5.41) is 4.38. The van der Waals surface area contributed by atoms with E-state index in [2.05, 4.69) is 15.3 Å². The maximum Gasteiger partial charge on any atom is 0.230 e. The zero-order valence-corrected chi connectivity index (χ0v) is 17.7. The lowest BCUT2D eigenvalue weighted by Crippen LogP contribution is -2.14. The van der Waals surface area contributed by atoms with E-state index in [1.807, 2.05) is 19.1 Å². The van der Waals surface area contributed by atoms with Crippen LogP contribution >= 0.6 is 22.7 Å². The molecule has 2 aromatic heterocycles. The third kappa shape index (κ3) is 3.65. The highest BCUT2D eigenvalue weighted by Gasteiger charge is 2.14. The second-order valence-corrected chi connectivity index (χ2v) is 10.8. The Morgan fingerprint density at radius 1 is 1.00 bits per heavy atom. The monoisotopic (exact) mass is 431 g/mol. The van der Waals surface area contributed by atoms with Gasteiger partial charge in [0, 0.05) is 0 Å². The van der Waals surface area contributed by atoms with E-state index >= 15 is 0 Å². The highest BCUT2D eigenvalue weighted by molar-refractivity contribution is 7.91. The molecule has 0 fully saturated rings. The molecule has 6 nitrogen and oxygen atoms in total. The standard InChI is InChI=1S/C19H17N3O3S3/c1-3-28(24,25)13-6-4-12(5-7-13)10-16(23)22-19-21-15-9-8-14-17(18(15)27-19)26-11(2)20-14/h4-9H,3,10H2,1-2H3,(H,21,22,23). The summed E-state index contributed by atoms with van der Waals surface area (Å²) in [7, 11) is -3.24. The Labute approximate surface area is 170 Å². The van der Waals surface area contributed by atoms with Crippen molar-refractivity contribution in [2.45, 2.75) is 25.2 Å². The summed E-state index contributed by atoms with van der Waals surface area (Å²) in [6, 6.07) is 10.3. The first-order valence-electron chi connectivity index (χ1n) is 8.64. The lowest BCUT2D eigenvalue weighted by atomic mass is 10.1. The predicted molar refractivity (Wildman–Crippen MR) is 114 cm³/mol. The number of nitrogens with zero attached hydrogens (tertiary/aromatic N) is 2. The van der Waals surface area contributed by atoms with E-state index < -0.39 is 9.84 Å². The lowest BCUT2D eigenvalue weighted by Gasteiger charge is -2.04. The van der Waals surface area contributed by atoms with Crippen LogP contribution in [0.2, 0.25) is 0 Å². The number of fused-ring (bicyclic) bond motifs is 3. The van der Waals surface area contributed by atoms with Gasteiger partial charge in [-0.2, -0.15) is 0 Å². The minimum atomic E-state index is -3.24. The number of aryl methyl sites for hydroxylation is 1. The molecule has 0 bridgehead atoms. The number of carbonyl (C=O) groups excluding carboxylic acids is 1. The van der Waals surface area contributed by atoms with Crippen LogP contribution in [0.4, 0.5) is 5.13 Å². The third-order valence-corrected chi connectivity index (χ3v) is 8.18. The van der Waals surface area contributed by atoms with E-state index in [0.29, 0.717) is 5.13 Å². The van der Waals surface area contributed by atoms with Crippen LogP contribution < -0.4 is 5.32 Å². The topological polar surface area (TPSA) is 89.0 Å². The molecular formula is C19H17N3O3S3. The van der Waals surface area contributed by atoms with E-state index in [1.165, 1.54) is 11.3 Å². The van der Waals surface area contributed by atoms with Crippen LogP contribution in [0.1, 0.15) is 17.5 Å². The molecule has 0 aliphatic carbocycles. The Morgan fingerprint density at radius 2 is 1.64 bits per heavy atom. The van der Waals surface area contributed by atoms with E-state index in [9.17, 15) is 13.2 Å². The van der Waals surface area contributed by atoms with Crippen molar-refractivity contribution < 1.29 is 13.2 Å². The fourth-order valence-electron chi connectivity index (χ4n) is 2.87. The zero-order chi connectivity index (χ0) is 19.9. The van der Waals surface area contributed by atoms with Gasteiger partial charge in [-0.25, -0.2) is 18.4 Å². The molecule has 4 rings (SSSR count). The summed E-state index contributed by atoms with van der Waals surface area (Å²) in [6.45, 7) is 3.58. The van der Waals surface area contributed by atoms with E-state index in [-0.39, 0.29) is 23.0 Å². The molecule has 0 spiro atoms. The number of nitrogens with one attached hydrogen (secondary N) is 1. The SMILES string of the molecule is CCS(=O)(=O)c1ccc(CC(=O)Nc2nc3ccc4nc(C)sc4c3s2)cc1. The maximum absolute atomic E-state index is 12.4. The van der Waals surface area contributed by atoms with Gasteiger partial charge in [0.15, 0.2) is 15.0 Å². The largest absolute Gasteiger partial charge is 0.302 e. The number of thiazole rings is 2. The lowest BCUT2D eigenvalue weighted by molar-refractivity contribution is -0.115. The minimum absolute atomic E-state index is 0.0526. The molecule has 0 unspecified atom stereocenters. The molecule has 2 aromatic carbocycles. The van der Waals surface area contributed by atoms with Crippen LogP contribution in [0.5, 0.6) is 0 Å². The number of sulfone groups is 1. The summed E-state index contributed by atoms with van der Waals surface area (Å²) >= 11 is 3.05. The third-order valence-electron chi connectivity index (χ3n) is 4.29. The van der Waals surface area contributed by atoms with Gasteiger partial charge < -0.3 is 5.32 Å². The molecule has 1 N–H and O–H groups in total. The molecule has 1 amide bonds. The van der Waals surface area contributed by atoms with Crippen molar-refractivity contribution in [1.29, 1.82) is 0 Å². The van der Waals surface area contributed by atoms with E-state index in [0.717, 1.165) is 31.0 Å². The number of anilines is 1. The normalized spacial score (nSPS) is 11.9. The predicted octanol–water partition coefficient (Wildman–Crippen LogP) is 4.19. The number of hydrogen-bond acceptors (Lipinski definition) is 7. The smallest absolute Gasteiger partial charge is 0.230 e.